The van der Waals surface area contributed by atoms with Gasteiger partial charge in [0.25, 0.3) is 0 Å². The van der Waals surface area contributed by atoms with Gasteiger partial charge < -0.3 is 18.9 Å². The van der Waals surface area contributed by atoms with Crippen molar-refractivity contribution in [3.63, 3.8) is 0 Å². The minimum atomic E-state index is -4.40. The Morgan fingerprint density at radius 1 is 0.552 bits per heavy atom. The topological polar surface area (TPSA) is 108 Å². The molecule has 0 aliphatic rings. The number of unbranched alkanes of at least 4 members (excludes halogenated alkanes) is 12. The zero-order valence-corrected chi connectivity index (χ0v) is 37.9. The molecule has 2 unspecified atom stereocenters. The molecule has 0 heterocycles. The molecule has 0 saturated carbocycles. The van der Waals surface area contributed by atoms with E-state index in [1.165, 1.54) is 51.4 Å². The fraction of sp³-hybridized carbons (Fsp3) is 0.625. The summed E-state index contributed by atoms with van der Waals surface area (Å²) >= 11 is 0. The molecule has 0 spiro atoms. The Balaban J connectivity index is 4.38. The van der Waals surface area contributed by atoms with Gasteiger partial charge in [-0.3, -0.25) is 18.6 Å². The van der Waals surface area contributed by atoms with Crippen molar-refractivity contribution in [1.82, 2.24) is 0 Å². The highest BCUT2D eigenvalue weighted by atomic mass is 31.2. The summed E-state index contributed by atoms with van der Waals surface area (Å²) in [4.78, 5) is 35.3. The molecule has 2 atom stereocenters. The second-order valence-electron chi connectivity index (χ2n) is 15.4. The summed E-state index contributed by atoms with van der Waals surface area (Å²) in [5.74, 6) is -0.898. The lowest BCUT2D eigenvalue weighted by Crippen LogP contribution is -2.37. The molecule has 0 aliphatic heterocycles. The molecule has 0 aromatic rings. The van der Waals surface area contributed by atoms with E-state index >= 15 is 0 Å². The van der Waals surface area contributed by atoms with Crippen molar-refractivity contribution in [2.45, 2.75) is 148 Å². The maximum absolute atomic E-state index is 12.6. The van der Waals surface area contributed by atoms with E-state index in [1.54, 1.807) is 0 Å². The van der Waals surface area contributed by atoms with E-state index < -0.39 is 32.5 Å². The molecule has 58 heavy (non-hydrogen) atoms. The van der Waals surface area contributed by atoms with Crippen LogP contribution in [0.4, 0.5) is 0 Å². The van der Waals surface area contributed by atoms with Gasteiger partial charge in [0.2, 0.25) is 0 Å². The first kappa shape index (κ1) is 54.9. The van der Waals surface area contributed by atoms with Crippen molar-refractivity contribution in [2.24, 2.45) is 0 Å². The predicted molar refractivity (Wildman–Crippen MR) is 242 cm³/mol. The number of ether oxygens (including phenoxy) is 2. The first-order valence-electron chi connectivity index (χ1n) is 22.0. The number of carbonyl (C=O) groups excluding carboxylic acids is 2. The summed E-state index contributed by atoms with van der Waals surface area (Å²) in [5.41, 5.74) is 0. The standard InChI is InChI=1S/C48H80NO8P/c1-6-8-10-12-14-16-18-20-21-22-23-24-25-26-27-29-30-32-34-36-38-40-47(50)54-44-46(45-56-58(52,53)55-43-42-49(3,4)5)57-48(51)41-39-37-35-33-31-28-19-17-15-13-11-9-7-2/h8-11,13-17,19-21,28,31,33,35,46H,6-7,12,18,22-27,29-30,32,34,36-45H2,1-5H3/p+1/b10-8+,11-9+,15-13+,16-14+,19-17+,21-20+,31-28+,35-33+. The van der Waals surface area contributed by atoms with Crippen molar-refractivity contribution in [1.29, 1.82) is 0 Å². The summed E-state index contributed by atoms with van der Waals surface area (Å²) in [6.45, 7) is 4.05. The summed E-state index contributed by atoms with van der Waals surface area (Å²) in [7, 11) is 1.41. The molecule has 330 valence electrons. The smallest absolute Gasteiger partial charge is 0.462 e. The van der Waals surface area contributed by atoms with E-state index in [2.05, 4.69) is 56.4 Å². The Bertz CT molecular complexity index is 1300. The highest BCUT2D eigenvalue weighted by Gasteiger charge is 2.27. The molecule has 0 radical (unpaired) electrons. The number of phosphoric acid groups is 1. The van der Waals surface area contributed by atoms with Crippen LogP contribution >= 0.6 is 7.82 Å². The molecule has 0 saturated heterocycles. The Hall–Kier alpha value is -3.07. The van der Waals surface area contributed by atoms with Crippen molar-refractivity contribution in [3.8, 4) is 0 Å². The van der Waals surface area contributed by atoms with Crippen LogP contribution < -0.4 is 0 Å². The van der Waals surface area contributed by atoms with Crippen LogP contribution in [0, 0.1) is 0 Å². The quantitative estimate of drug-likeness (QED) is 0.0164. The second-order valence-corrected chi connectivity index (χ2v) is 16.9. The summed E-state index contributed by atoms with van der Waals surface area (Å²) in [6, 6.07) is 0. The van der Waals surface area contributed by atoms with Gasteiger partial charge in [0.1, 0.15) is 19.8 Å². The van der Waals surface area contributed by atoms with Crippen LogP contribution in [0.3, 0.4) is 0 Å². The van der Waals surface area contributed by atoms with Crippen LogP contribution in [0.5, 0.6) is 0 Å². The number of esters is 2. The first-order valence-corrected chi connectivity index (χ1v) is 23.5. The number of phosphoric ester groups is 1. The fourth-order valence-corrected chi connectivity index (χ4v) is 6.09. The summed E-state index contributed by atoms with van der Waals surface area (Å²) in [6.07, 6.45) is 51.9. The highest BCUT2D eigenvalue weighted by Crippen LogP contribution is 2.43. The molecule has 0 rings (SSSR count). The molecule has 0 fully saturated rings. The lowest BCUT2D eigenvalue weighted by atomic mass is 10.0. The van der Waals surface area contributed by atoms with Gasteiger partial charge in [0.15, 0.2) is 6.10 Å². The zero-order valence-electron chi connectivity index (χ0n) is 37.0. The van der Waals surface area contributed by atoms with Crippen molar-refractivity contribution in [2.75, 3.05) is 47.5 Å². The normalized spacial score (nSPS) is 14.5. The average molecular weight is 831 g/mol. The van der Waals surface area contributed by atoms with Gasteiger partial charge in [0.05, 0.1) is 27.7 Å². The van der Waals surface area contributed by atoms with Crippen LogP contribution in [-0.2, 0) is 32.7 Å². The van der Waals surface area contributed by atoms with Crippen molar-refractivity contribution in [3.05, 3.63) is 97.2 Å². The summed E-state index contributed by atoms with van der Waals surface area (Å²) in [5, 5.41) is 0. The summed E-state index contributed by atoms with van der Waals surface area (Å²) < 4.78 is 34.2. The van der Waals surface area contributed by atoms with Crippen LogP contribution in [0.2, 0.25) is 0 Å². The molecule has 1 N–H and O–H groups in total. The number of carbonyl (C=O) groups is 2. The third-order valence-corrected chi connectivity index (χ3v) is 9.72. The van der Waals surface area contributed by atoms with Gasteiger partial charge >= 0.3 is 19.8 Å². The number of hydrogen-bond donors (Lipinski definition) is 1. The lowest BCUT2D eigenvalue weighted by Gasteiger charge is -2.24. The third kappa shape index (κ3) is 42.5. The van der Waals surface area contributed by atoms with Gasteiger partial charge in [0, 0.05) is 12.8 Å². The molecule has 9 nitrogen and oxygen atoms in total. The lowest BCUT2D eigenvalue weighted by molar-refractivity contribution is -0.870. The maximum atomic E-state index is 12.6. The number of quaternary nitrogens is 1. The van der Waals surface area contributed by atoms with E-state index in [9.17, 15) is 19.0 Å². The van der Waals surface area contributed by atoms with E-state index in [0.717, 1.165) is 51.4 Å². The number of rotatable bonds is 38. The van der Waals surface area contributed by atoms with E-state index in [1.807, 2.05) is 75.8 Å². The number of nitrogens with zero attached hydrogens (tertiary/aromatic N) is 1. The number of likely N-dealkylation sites (N-methyl/N-ethyl adjacent to an activating group) is 1. The van der Waals surface area contributed by atoms with E-state index in [0.29, 0.717) is 23.9 Å². The maximum Gasteiger partial charge on any atom is 0.472 e. The predicted octanol–water partition coefficient (Wildman–Crippen LogP) is 12.6. The molecule has 0 bridgehead atoms. The molecule has 0 amide bonds. The van der Waals surface area contributed by atoms with Gasteiger partial charge in [-0.05, 0) is 57.8 Å². The number of allylic oxidation sites excluding steroid dienone is 16. The Morgan fingerprint density at radius 2 is 1.03 bits per heavy atom. The molecular weight excluding hydrogens is 750 g/mol. The Labute approximate surface area is 353 Å². The van der Waals surface area contributed by atoms with Gasteiger partial charge in [-0.25, -0.2) is 4.57 Å². The molecule has 0 aromatic heterocycles. The van der Waals surface area contributed by atoms with Gasteiger partial charge in [-0.15, -0.1) is 0 Å². The van der Waals surface area contributed by atoms with E-state index in [-0.39, 0.29) is 26.1 Å². The second kappa shape index (κ2) is 39.4. The van der Waals surface area contributed by atoms with E-state index in [4.69, 9.17) is 18.5 Å². The number of hydrogen-bond acceptors (Lipinski definition) is 7. The van der Waals surface area contributed by atoms with Crippen LogP contribution in [0.1, 0.15) is 142 Å². The zero-order chi connectivity index (χ0) is 42.8. The van der Waals surface area contributed by atoms with Gasteiger partial charge in [-0.2, -0.15) is 0 Å². The SMILES string of the molecule is CC/C=C/C=C/C=C/C=C/C=C/CCCC(=O)OC(COC(=O)CCCCCCCCCCCCC/C=C/C/C=C/C/C=C/CC)COP(=O)(O)OCC[N+](C)(C)C. The van der Waals surface area contributed by atoms with Gasteiger partial charge in [-0.1, -0.05) is 169 Å². The molecule has 0 aromatic carbocycles. The average Bonchev–Trinajstić information content (AvgIpc) is 3.17. The van der Waals surface area contributed by atoms with Crippen LogP contribution in [0.25, 0.3) is 0 Å². The van der Waals surface area contributed by atoms with Crippen LogP contribution in [-0.4, -0.2) is 74.9 Å². The largest absolute Gasteiger partial charge is 0.472 e. The van der Waals surface area contributed by atoms with Crippen molar-refractivity contribution < 1.29 is 42.1 Å². The van der Waals surface area contributed by atoms with Crippen molar-refractivity contribution >= 4 is 19.8 Å². The monoisotopic (exact) mass is 831 g/mol. The molecule has 10 heteroatoms. The fourth-order valence-electron chi connectivity index (χ4n) is 5.35. The first-order chi connectivity index (χ1) is 28.0. The molecule has 0 aliphatic carbocycles. The Morgan fingerprint density at radius 3 is 1.62 bits per heavy atom. The Kier molecular flexibility index (Phi) is 37.3. The molecular formula is C48H81NO8P+. The minimum absolute atomic E-state index is 0.0124. The third-order valence-electron chi connectivity index (χ3n) is 8.74. The minimum Gasteiger partial charge on any atom is -0.462 e. The highest BCUT2D eigenvalue weighted by molar-refractivity contribution is 7.47. The van der Waals surface area contributed by atoms with Crippen LogP contribution in [0.15, 0.2) is 97.2 Å².